The van der Waals surface area contributed by atoms with Crippen LogP contribution >= 0.6 is 11.8 Å². The summed E-state index contributed by atoms with van der Waals surface area (Å²) < 4.78 is 37.9. The zero-order chi connectivity index (χ0) is 22.6. The largest absolute Gasteiger partial charge is 0.490 e. The summed E-state index contributed by atoms with van der Waals surface area (Å²) in [6.45, 7) is 3.67. The quantitative estimate of drug-likeness (QED) is 0.760. The van der Waals surface area contributed by atoms with Gasteiger partial charge in [0.1, 0.15) is 11.9 Å². The number of likely N-dealkylation sites (tertiary alicyclic amines) is 1. The fourth-order valence-electron chi connectivity index (χ4n) is 3.38. The van der Waals surface area contributed by atoms with Crippen molar-refractivity contribution in [2.75, 3.05) is 18.8 Å². The minimum absolute atomic E-state index is 0.137. The number of pyridine rings is 1. The van der Waals surface area contributed by atoms with Crippen molar-refractivity contribution >= 4 is 23.6 Å². The Labute approximate surface area is 181 Å². The molecule has 1 atom stereocenters. The van der Waals surface area contributed by atoms with Gasteiger partial charge < -0.3 is 14.7 Å². The second-order valence-corrected chi connectivity index (χ2v) is 8.94. The standard InChI is InChI=1S/C19H20N2O2S.C2HF3O2/c1-14-4-6-15(7-5-14)18(22)21-12-19(13-21)9-17(11-24-19)23-16-3-2-8-20-10-16;3-2(4,5)1(6)7/h2-8,10,17H,9,11-13H2,1H3;(H,6,7). The van der Waals surface area contributed by atoms with Crippen molar-refractivity contribution in [2.24, 2.45) is 0 Å². The molecule has 1 aromatic heterocycles. The zero-order valence-corrected chi connectivity index (χ0v) is 17.4. The van der Waals surface area contributed by atoms with Crippen LogP contribution < -0.4 is 4.74 Å². The number of carbonyl (C=O) groups is 2. The Morgan fingerprint density at radius 1 is 1.23 bits per heavy atom. The van der Waals surface area contributed by atoms with Crippen molar-refractivity contribution in [1.82, 2.24) is 9.88 Å². The van der Waals surface area contributed by atoms with Crippen LogP contribution in [-0.4, -0.2) is 62.7 Å². The van der Waals surface area contributed by atoms with Crippen LogP contribution in [0.15, 0.2) is 48.8 Å². The summed E-state index contributed by atoms with van der Waals surface area (Å²) in [4.78, 5) is 27.5. The Hall–Kier alpha value is -2.75. The van der Waals surface area contributed by atoms with Crippen molar-refractivity contribution in [2.45, 2.75) is 30.4 Å². The van der Waals surface area contributed by atoms with Crippen LogP contribution in [0.25, 0.3) is 0 Å². The number of hydrogen-bond donors (Lipinski definition) is 1. The number of ether oxygens (including phenoxy) is 1. The number of benzene rings is 1. The summed E-state index contributed by atoms with van der Waals surface area (Å²) in [5.74, 6) is -0.820. The van der Waals surface area contributed by atoms with Crippen LogP contribution in [0.4, 0.5) is 13.2 Å². The summed E-state index contributed by atoms with van der Waals surface area (Å²) in [6.07, 6.45) is -0.387. The number of alkyl halides is 3. The van der Waals surface area contributed by atoms with Crippen LogP contribution in [0.5, 0.6) is 5.75 Å². The number of nitrogens with zero attached hydrogens (tertiary/aromatic N) is 2. The molecule has 166 valence electrons. The molecule has 2 aliphatic rings. The lowest BCUT2D eigenvalue weighted by Crippen LogP contribution is -2.60. The number of thioether (sulfide) groups is 1. The smallest absolute Gasteiger partial charge is 0.488 e. The molecular formula is C21H21F3N2O4S. The van der Waals surface area contributed by atoms with E-state index in [9.17, 15) is 18.0 Å². The first-order valence-electron chi connectivity index (χ1n) is 9.45. The Kier molecular flexibility index (Phi) is 6.78. The fourth-order valence-corrected chi connectivity index (χ4v) is 4.90. The van der Waals surface area contributed by atoms with E-state index in [0.717, 1.165) is 36.6 Å². The number of aryl methyl sites for hydroxylation is 1. The highest BCUT2D eigenvalue weighted by molar-refractivity contribution is 8.01. The van der Waals surface area contributed by atoms with Crippen LogP contribution in [0.2, 0.25) is 0 Å². The molecule has 31 heavy (non-hydrogen) atoms. The van der Waals surface area contributed by atoms with Gasteiger partial charge in [-0.25, -0.2) is 4.79 Å². The third-order valence-corrected chi connectivity index (χ3v) is 6.47. The number of hydrogen-bond acceptors (Lipinski definition) is 5. The molecule has 1 unspecified atom stereocenters. The SMILES string of the molecule is Cc1ccc(C(=O)N2CC3(CC(Oc4cccnc4)CS3)C2)cc1.O=C(O)C(F)(F)F. The first kappa shape index (κ1) is 22.9. The molecule has 1 spiro atoms. The Bertz CT molecular complexity index is 916. The van der Waals surface area contributed by atoms with E-state index in [1.807, 2.05) is 60.0 Å². The molecule has 10 heteroatoms. The Morgan fingerprint density at radius 3 is 2.42 bits per heavy atom. The normalized spacial score (nSPS) is 19.2. The van der Waals surface area contributed by atoms with Gasteiger partial charge in [-0.2, -0.15) is 13.2 Å². The number of aliphatic carboxylic acids is 1. The van der Waals surface area contributed by atoms with E-state index in [-0.39, 0.29) is 16.8 Å². The van der Waals surface area contributed by atoms with Crippen molar-refractivity contribution in [3.05, 3.63) is 59.9 Å². The Morgan fingerprint density at radius 2 is 1.87 bits per heavy atom. The maximum Gasteiger partial charge on any atom is 0.490 e. The summed E-state index contributed by atoms with van der Waals surface area (Å²) in [5.41, 5.74) is 1.95. The maximum atomic E-state index is 12.5. The third-order valence-electron chi connectivity index (χ3n) is 4.90. The molecule has 0 bridgehead atoms. The molecule has 0 radical (unpaired) electrons. The Balaban J connectivity index is 0.000000339. The van der Waals surface area contributed by atoms with Gasteiger partial charge in [-0.05, 0) is 31.2 Å². The summed E-state index contributed by atoms with van der Waals surface area (Å²) in [6, 6.07) is 11.6. The van der Waals surface area contributed by atoms with Gasteiger partial charge in [0.05, 0.1) is 10.9 Å². The van der Waals surface area contributed by atoms with E-state index in [1.54, 1.807) is 12.4 Å². The summed E-state index contributed by atoms with van der Waals surface area (Å²) in [5, 5.41) is 7.12. The number of carbonyl (C=O) groups excluding carboxylic acids is 1. The summed E-state index contributed by atoms with van der Waals surface area (Å²) in [7, 11) is 0. The van der Waals surface area contributed by atoms with Crippen molar-refractivity contribution in [1.29, 1.82) is 0 Å². The highest BCUT2D eigenvalue weighted by atomic mass is 32.2. The minimum atomic E-state index is -5.08. The lowest BCUT2D eigenvalue weighted by Gasteiger charge is -2.47. The molecule has 1 amide bonds. The van der Waals surface area contributed by atoms with Gasteiger partial charge >= 0.3 is 12.1 Å². The van der Waals surface area contributed by atoms with Gasteiger partial charge in [0, 0.05) is 37.0 Å². The molecule has 2 fully saturated rings. The maximum absolute atomic E-state index is 12.5. The van der Waals surface area contributed by atoms with Gasteiger partial charge in [0.15, 0.2) is 0 Å². The second-order valence-electron chi connectivity index (χ2n) is 7.46. The average molecular weight is 454 g/mol. The number of aromatic nitrogens is 1. The number of rotatable bonds is 3. The molecule has 1 aromatic carbocycles. The first-order chi connectivity index (χ1) is 14.6. The highest BCUT2D eigenvalue weighted by Gasteiger charge is 2.51. The van der Waals surface area contributed by atoms with Gasteiger partial charge in [0.2, 0.25) is 0 Å². The number of amides is 1. The van der Waals surface area contributed by atoms with Gasteiger partial charge in [-0.15, -0.1) is 11.8 Å². The molecule has 0 saturated carbocycles. The lowest BCUT2D eigenvalue weighted by molar-refractivity contribution is -0.192. The predicted molar refractivity (Wildman–Crippen MR) is 109 cm³/mol. The van der Waals surface area contributed by atoms with Gasteiger partial charge in [-0.1, -0.05) is 17.7 Å². The number of halogens is 3. The van der Waals surface area contributed by atoms with Crippen LogP contribution in [0.3, 0.4) is 0 Å². The monoisotopic (exact) mass is 454 g/mol. The number of carboxylic acid groups (broad SMARTS) is 1. The van der Waals surface area contributed by atoms with Crippen LogP contribution in [0, 0.1) is 6.92 Å². The molecule has 4 rings (SSSR count). The summed E-state index contributed by atoms with van der Waals surface area (Å²) >= 11 is 1.94. The fraction of sp³-hybridized carbons (Fsp3) is 0.381. The van der Waals surface area contributed by atoms with Crippen LogP contribution in [-0.2, 0) is 4.79 Å². The minimum Gasteiger partial charge on any atom is -0.488 e. The van der Waals surface area contributed by atoms with Gasteiger partial charge in [0.25, 0.3) is 5.91 Å². The third kappa shape index (κ3) is 5.90. The zero-order valence-electron chi connectivity index (χ0n) is 16.6. The van der Waals surface area contributed by atoms with Crippen LogP contribution in [0.1, 0.15) is 22.3 Å². The van der Waals surface area contributed by atoms with Crippen molar-refractivity contribution < 1.29 is 32.6 Å². The average Bonchev–Trinajstić information content (AvgIpc) is 3.12. The molecule has 2 aromatic rings. The molecule has 3 heterocycles. The van der Waals surface area contributed by atoms with E-state index in [1.165, 1.54) is 5.56 Å². The predicted octanol–water partition coefficient (Wildman–Crippen LogP) is 3.80. The van der Waals surface area contributed by atoms with E-state index in [0.29, 0.717) is 0 Å². The lowest BCUT2D eigenvalue weighted by atomic mass is 9.92. The molecule has 6 nitrogen and oxygen atoms in total. The van der Waals surface area contributed by atoms with E-state index in [2.05, 4.69) is 4.98 Å². The molecule has 2 saturated heterocycles. The topological polar surface area (TPSA) is 79.7 Å². The van der Waals surface area contributed by atoms with E-state index in [4.69, 9.17) is 14.6 Å². The van der Waals surface area contributed by atoms with E-state index >= 15 is 0 Å². The number of carboxylic acids is 1. The van der Waals surface area contributed by atoms with Gasteiger partial charge in [-0.3, -0.25) is 9.78 Å². The highest BCUT2D eigenvalue weighted by Crippen LogP contribution is 2.46. The van der Waals surface area contributed by atoms with E-state index < -0.39 is 12.1 Å². The molecular weight excluding hydrogens is 433 g/mol. The van der Waals surface area contributed by atoms with Crippen molar-refractivity contribution in [3.63, 3.8) is 0 Å². The molecule has 1 N–H and O–H groups in total. The second kappa shape index (κ2) is 9.17. The molecule has 0 aliphatic carbocycles. The van der Waals surface area contributed by atoms with Crippen molar-refractivity contribution in [3.8, 4) is 5.75 Å². The first-order valence-corrected chi connectivity index (χ1v) is 10.4. The molecule has 2 aliphatic heterocycles.